The Labute approximate surface area is 134 Å². The first-order valence-electron chi connectivity index (χ1n) is 8.15. The molecular weight excluding hydrogens is 292 g/mol. The molecule has 3 heterocycles. The summed E-state index contributed by atoms with van der Waals surface area (Å²) in [5.41, 5.74) is 3.99. The molecule has 1 aliphatic carbocycles. The van der Waals surface area contributed by atoms with Crippen molar-refractivity contribution >= 4 is 5.91 Å². The molecule has 120 valence electrons. The monoisotopic (exact) mass is 312 g/mol. The van der Waals surface area contributed by atoms with Crippen LogP contribution in [0.3, 0.4) is 0 Å². The molecule has 2 N–H and O–H groups in total. The average Bonchev–Trinajstić information content (AvgIpc) is 3.25. The third-order valence-electron chi connectivity index (χ3n) is 4.78. The molecule has 2 aliphatic rings. The first kappa shape index (κ1) is 14.4. The normalized spacial score (nSPS) is 23.0. The first-order chi connectivity index (χ1) is 11.3. The molecule has 2 aromatic heterocycles. The average molecular weight is 312 g/mol. The van der Waals surface area contributed by atoms with Crippen LogP contribution in [0, 0.1) is 5.92 Å². The Morgan fingerprint density at radius 1 is 1.30 bits per heavy atom. The van der Waals surface area contributed by atoms with Gasteiger partial charge in [-0.1, -0.05) is 0 Å². The highest BCUT2D eigenvalue weighted by Gasteiger charge is 2.32. The van der Waals surface area contributed by atoms with Crippen LogP contribution in [-0.4, -0.2) is 40.3 Å². The van der Waals surface area contributed by atoms with E-state index in [4.69, 9.17) is 4.74 Å². The zero-order chi connectivity index (χ0) is 15.6. The summed E-state index contributed by atoms with van der Waals surface area (Å²) in [7, 11) is 0. The van der Waals surface area contributed by atoms with E-state index >= 15 is 0 Å². The van der Waals surface area contributed by atoms with E-state index in [0.29, 0.717) is 18.9 Å². The van der Waals surface area contributed by atoms with Crippen LogP contribution in [0.5, 0.6) is 0 Å². The van der Waals surface area contributed by atoms with Crippen LogP contribution in [0.4, 0.5) is 0 Å². The quantitative estimate of drug-likeness (QED) is 0.891. The second kappa shape index (κ2) is 6.12. The van der Waals surface area contributed by atoms with E-state index in [1.54, 1.807) is 12.4 Å². The molecule has 23 heavy (non-hydrogen) atoms. The summed E-state index contributed by atoms with van der Waals surface area (Å²) in [6.45, 7) is 1.24. The minimum absolute atomic E-state index is 0.0319. The maximum atomic E-state index is 12.6. The highest BCUT2D eigenvalue weighted by atomic mass is 16.5. The lowest BCUT2D eigenvalue weighted by molar-refractivity contribution is 0.0919. The number of ether oxygens (including phenoxy) is 1. The summed E-state index contributed by atoms with van der Waals surface area (Å²) in [5, 5.41) is 10.3. The summed E-state index contributed by atoms with van der Waals surface area (Å²) in [4.78, 5) is 16.6. The molecule has 4 rings (SSSR count). The maximum absolute atomic E-state index is 12.6. The molecule has 1 fully saturated rings. The number of aryl methyl sites for hydroxylation is 1. The highest BCUT2D eigenvalue weighted by molar-refractivity contribution is 5.94. The number of carbonyl (C=O) groups excluding carboxylic acids is 1. The van der Waals surface area contributed by atoms with E-state index in [9.17, 15) is 4.79 Å². The van der Waals surface area contributed by atoms with Gasteiger partial charge in [-0.15, -0.1) is 0 Å². The van der Waals surface area contributed by atoms with E-state index in [-0.39, 0.29) is 17.9 Å². The number of carbonyl (C=O) groups is 1. The van der Waals surface area contributed by atoms with Crippen LogP contribution >= 0.6 is 0 Å². The van der Waals surface area contributed by atoms with Crippen LogP contribution in [0.1, 0.15) is 33.7 Å². The van der Waals surface area contributed by atoms with Gasteiger partial charge in [0.2, 0.25) is 0 Å². The molecule has 0 radical (unpaired) electrons. The molecule has 0 saturated carbocycles. The predicted octanol–water partition coefficient (Wildman–Crippen LogP) is 1.28. The predicted molar refractivity (Wildman–Crippen MR) is 84.1 cm³/mol. The van der Waals surface area contributed by atoms with E-state index in [0.717, 1.165) is 36.9 Å². The fourth-order valence-electron chi connectivity index (χ4n) is 3.52. The highest BCUT2D eigenvalue weighted by Crippen LogP contribution is 2.24. The van der Waals surface area contributed by atoms with E-state index in [2.05, 4.69) is 20.5 Å². The molecule has 0 bridgehead atoms. The molecular formula is C17H20N4O2. The van der Waals surface area contributed by atoms with Gasteiger partial charge in [-0.05, 0) is 43.4 Å². The van der Waals surface area contributed by atoms with Crippen LogP contribution in [-0.2, 0) is 24.0 Å². The Hall–Kier alpha value is -2.21. The van der Waals surface area contributed by atoms with E-state index in [1.807, 2.05) is 12.1 Å². The minimum Gasteiger partial charge on any atom is -0.379 e. The Morgan fingerprint density at radius 3 is 3.04 bits per heavy atom. The number of H-pyrrole nitrogens is 1. The largest absolute Gasteiger partial charge is 0.379 e. The number of aromatic amines is 1. The zero-order valence-corrected chi connectivity index (χ0v) is 12.9. The number of nitrogens with one attached hydrogen (secondary N) is 2. The molecule has 1 amide bonds. The van der Waals surface area contributed by atoms with Gasteiger partial charge in [-0.2, -0.15) is 5.10 Å². The Balaban J connectivity index is 1.44. The van der Waals surface area contributed by atoms with Crippen molar-refractivity contribution in [3.05, 3.63) is 47.0 Å². The fraction of sp³-hybridized carbons (Fsp3) is 0.471. The van der Waals surface area contributed by atoms with Gasteiger partial charge in [0.25, 0.3) is 5.91 Å². The van der Waals surface area contributed by atoms with Crippen LogP contribution < -0.4 is 5.32 Å². The molecule has 2 aromatic rings. The van der Waals surface area contributed by atoms with Crippen molar-refractivity contribution in [1.29, 1.82) is 0 Å². The molecule has 0 spiro atoms. The lowest BCUT2D eigenvalue weighted by atomic mass is 9.95. The van der Waals surface area contributed by atoms with Gasteiger partial charge in [-0.3, -0.25) is 14.9 Å². The summed E-state index contributed by atoms with van der Waals surface area (Å²) < 4.78 is 5.59. The van der Waals surface area contributed by atoms with Crippen molar-refractivity contribution in [2.75, 3.05) is 13.2 Å². The summed E-state index contributed by atoms with van der Waals surface area (Å²) >= 11 is 0. The maximum Gasteiger partial charge on any atom is 0.272 e. The number of aromatic nitrogens is 3. The van der Waals surface area contributed by atoms with E-state index in [1.165, 1.54) is 5.56 Å². The Morgan fingerprint density at radius 2 is 2.17 bits per heavy atom. The van der Waals surface area contributed by atoms with Gasteiger partial charge in [0.15, 0.2) is 5.69 Å². The molecule has 6 heteroatoms. The third-order valence-corrected chi connectivity index (χ3v) is 4.78. The van der Waals surface area contributed by atoms with Gasteiger partial charge in [0.1, 0.15) is 0 Å². The van der Waals surface area contributed by atoms with Crippen molar-refractivity contribution in [1.82, 2.24) is 20.5 Å². The van der Waals surface area contributed by atoms with Crippen molar-refractivity contribution in [3.63, 3.8) is 0 Å². The number of hydrogen-bond acceptors (Lipinski definition) is 4. The molecule has 1 saturated heterocycles. The molecule has 2 atom stereocenters. The molecule has 0 aromatic carbocycles. The van der Waals surface area contributed by atoms with Gasteiger partial charge < -0.3 is 10.1 Å². The Bertz CT molecular complexity index is 698. The summed E-state index contributed by atoms with van der Waals surface area (Å²) in [6, 6.07) is 4.06. The standard InChI is InChI=1S/C17H20N4O2/c22-17(16-13-2-1-3-14(13)20-21-16)19-15-10-23-9-12(15)8-11-4-6-18-7-5-11/h4-7,12,15H,1-3,8-10H2,(H,19,22)(H,20,21)/t12-,15+/m1/s1. The minimum atomic E-state index is -0.0837. The van der Waals surface area contributed by atoms with Gasteiger partial charge in [0, 0.05) is 29.6 Å². The van der Waals surface area contributed by atoms with E-state index < -0.39 is 0 Å². The van der Waals surface area contributed by atoms with Gasteiger partial charge >= 0.3 is 0 Å². The second-order valence-electron chi connectivity index (χ2n) is 6.32. The topological polar surface area (TPSA) is 79.9 Å². The number of pyridine rings is 1. The first-order valence-corrected chi connectivity index (χ1v) is 8.15. The number of fused-ring (bicyclic) bond motifs is 1. The SMILES string of the molecule is O=C(N[C@H]1COC[C@H]1Cc1ccncc1)c1n[nH]c2c1CCC2. The number of rotatable bonds is 4. The van der Waals surface area contributed by atoms with Gasteiger partial charge in [0.05, 0.1) is 19.3 Å². The van der Waals surface area contributed by atoms with Crippen LogP contribution in [0.25, 0.3) is 0 Å². The fourth-order valence-corrected chi connectivity index (χ4v) is 3.52. The molecule has 1 aliphatic heterocycles. The van der Waals surface area contributed by atoms with Crippen molar-refractivity contribution in [3.8, 4) is 0 Å². The molecule has 6 nitrogen and oxygen atoms in total. The lowest BCUT2D eigenvalue weighted by Crippen LogP contribution is -2.41. The number of hydrogen-bond donors (Lipinski definition) is 2. The lowest BCUT2D eigenvalue weighted by Gasteiger charge is -2.18. The second-order valence-corrected chi connectivity index (χ2v) is 6.32. The smallest absolute Gasteiger partial charge is 0.272 e. The summed E-state index contributed by atoms with van der Waals surface area (Å²) in [6.07, 6.45) is 7.51. The van der Waals surface area contributed by atoms with Crippen LogP contribution in [0.2, 0.25) is 0 Å². The van der Waals surface area contributed by atoms with Crippen molar-refractivity contribution in [2.24, 2.45) is 5.92 Å². The van der Waals surface area contributed by atoms with Crippen molar-refractivity contribution in [2.45, 2.75) is 31.7 Å². The van der Waals surface area contributed by atoms with Gasteiger partial charge in [-0.25, -0.2) is 0 Å². The molecule has 0 unspecified atom stereocenters. The van der Waals surface area contributed by atoms with Crippen molar-refractivity contribution < 1.29 is 9.53 Å². The zero-order valence-electron chi connectivity index (χ0n) is 12.9. The summed E-state index contributed by atoms with van der Waals surface area (Å²) in [5.74, 6) is 0.202. The third kappa shape index (κ3) is 2.86. The number of amides is 1. The Kier molecular flexibility index (Phi) is 3.83. The van der Waals surface area contributed by atoms with Crippen LogP contribution in [0.15, 0.2) is 24.5 Å². The number of nitrogens with zero attached hydrogens (tertiary/aromatic N) is 2.